The molecule has 39 heavy (non-hydrogen) atoms. The molecule has 5 rings (SSSR count). The van der Waals surface area contributed by atoms with E-state index in [2.05, 4.69) is 11.9 Å². The van der Waals surface area contributed by atoms with Gasteiger partial charge in [0.15, 0.2) is 5.16 Å². The molecule has 196 valence electrons. The zero-order valence-corrected chi connectivity index (χ0v) is 23.7. The molecular weight excluding hydrogens is 523 g/mol. The first-order valence-corrected chi connectivity index (χ1v) is 14.4. The van der Waals surface area contributed by atoms with Gasteiger partial charge in [-0.1, -0.05) is 90.1 Å². The highest BCUT2D eigenvalue weighted by atomic mass is 32.2. The molecule has 0 bridgehead atoms. The van der Waals surface area contributed by atoms with E-state index in [4.69, 9.17) is 4.98 Å². The second kappa shape index (κ2) is 11.4. The molecule has 1 atom stereocenters. The third kappa shape index (κ3) is 5.60. The Morgan fingerprint density at radius 3 is 2.49 bits per heavy atom. The van der Waals surface area contributed by atoms with Crippen molar-refractivity contribution in [3.8, 4) is 11.1 Å². The van der Waals surface area contributed by atoms with Crippen molar-refractivity contribution in [3.05, 3.63) is 123 Å². The van der Waals surface area contributed by atoms with Crippen molar-refractivity contribution in [2.75, 3.05) is 5.32 Å². The van der Waals surface area contributed by atoms with Gasteiger partial charge in [-0.15, -0.1) is 17.9 Å². The van der Waals surface area contributed by atoms with E-state index in [-0.39, 0.29) is 18.0 Å². The first-order valence-electron chi connectivity index (χ1n) is 12.7. The van der Waals surface area contributed by atoms with Crippen LogP contribution in [0, 0.1) is 20.8 Å². The Hall–Kier alpha value is -3.94. The fourth-order valence-corrected chi connectivity index (χ4v) is 6.50. The predicted octanol–water partition coefficient (Wildman–Crippen LogP) is 7.71. The fraction of sp³-hybridized carbons (Fsp3) is 0.156. The van der Waals surface area contributed by atoms with Crippen molar-refractivity contribution in [1.29, 1.82) is 0 Å². The Balaban J connectivity index is 1.59. The Bertz CT molecular complexity index is 1720. The number of aryl methyl sites for hydroxylation is 3. The predicted molar refractivity (Wildman–Crippen MR) is 164 cm³/mol. The topological polar surface area (TPSA) is 64.0 Å². The average Bonchev–Trinajstić information content (AvgIpc) is 3.36. The van der Waals surface area contributed by atoms with Crippen LogP contribution in [-0.4, -0.2) is 15.5 Å². The highest BCUT2D eigenvalue weighted by molar-refractivity contribution is 8.00. The number of carbonyl (C=O) groups is 1. The molecule has 1 amide bonds. The Morgan fingerprint density at radius 2 is 1.77 bits per heavy atom. The number of anilines is 1. The number of thiophene rings is 1. The van der Waals surface area contributed by atoms with Crippen LogP contribution in [-0.2, 0) is 11.3 Å². The largest absolute Gasteiger partial charge is 0.325 e. The van der Waals surface area contributed by atoms with Gasteiger partial charge < -0.3 is 5.32 Å². The molecule has 0 saturated heterocycles. The van der Waals surface area contributed by atoms with Crippen LogP contribution < -0.4 is 10.9 Å². The second-order valence-corrected chi connectivity index (χ2v) is 11.4. The molecule has 0 fully saturated rings. The standard InChI is InChI=1S/C32H29N3O2S2/c1-5-17-35-31(37)27-25(23-15-12-20(2)13-16-23)19-38-30(27)34-32(35)39-28(24-9-7-6-8-10-24)29(36)33-26-18-21(3)11-14-22(26)4/h5-16,18-19,28H,1,17H2,2-4H3,(H,33,36). The maximum atomic E-state index is 13.9. The van der Waals surface area contributed by atoms with Gasteiger partial charge in [-0.05, 0) is 49.1 Å². The molecule has 0 aliphatic carbocycles. The minimum atomic E-state index is -0.622. The van der Waals surface area contributed by atoms with E-state index in [0.29, 0.717) is 15.4 Å². The Labute approximate surface area is 236 Å². The summed E-state index contributed by atoms with van der Waals surface area (Å²) < 4.78 is 1.62. The molecule has 3 aromatic carbocycles. The van der Waals surface area contributed by atoms with Crippen molar-refractivity contribution >= 4 is 44.9 Å². The Kier molecular flexibility index (Phi) is 7.82. The van der Waals surface area contributed by atoms with Crippen molar-refractivity contribution in [3.63, 3.8) is 0 Å². The number of nitrogens with one attached hydrogen (secondary N) is 1. The van der Waals surface area contributed by atoms with Gasteiger partial charge in [-0.2, -0.15) is 0 Å². The molecule has 7 heteroatoms. The highest BCUT2D eigenvalue weighted by Crippen LogP contribution is 2.38. The second-order valence-electron chi connectivity index (χ2n) is 9.51. The number of carbonyl (C=O) groups excluding carboxylic acids is 1. The van der Waals surface area contributed by atoms with Gasteiger partial charge in [-0.25, -0.2) is 4.98 Å². The third-order valence-corrected chi connectivity index (χ3v) is 8.66. The molecule has 2 aromatic heterocycles. The number of hydrogen-bond acceptors (Lipinski definition) is 5. The number of rotatable bonds is 8. The number of allylic oxidation sites excluding steroid dienone is 1. The van der Waals surface area contributed by atoms with Crippen LogP contribution in [0.1, 0.15) is 27.5 Å². The summed E-state index contributed by atoms with van der Waals surface area (Å²) in [6.45, 7) is 10.2. The van der Waals surface area contributed by atoms with Gasteiger partial charge >= 0.3 is 0 Å². The number of thioether (sulfide) groups is 1. The quantitative estimate of drug-likeness (QED) is 0.122. The molecule has 1 N–H and O–H groups in total. The zero-order valence-electron chi connectivity index (χ0n) is 22.1. The summed E-state index contributed by atoms with van der Waals surface area (Å²) in [4.78, 5) is 33.2. The van der Waals surface area contributed by atoms with Gasteiger partial charge in [0.1, 0.15) is 10.1 Å². The van der Waals surface area contributed by atoms with E-state index in [1.807, 2.05) is 98.9 Å². The smallest absolute Gasteiger partial charge is 0.263 e. The minimum Gasteiger partial charge on any atom is -0.325 e. The lowest BCUT2D eigenvalue weighted by atomic mass is 10.1. The number of nitrogens with zero attached hydrogens (tertiary/aromatic N) is 2. The van der Waals surface area contributed by atoms with Crippen LogP contribution in [0.2, 0.25) is 0 Å². The zero-order chi connectivity index (χ0) is 27.5. The monoisotopic (exact) mass is 551 g/mol. The number of fused-ring (bicyclic) bond motifs is 1. The summed E-state index contributed by atoms with van der Waals surface area (Å²) in [7, 11) is 0. The van der Waals surface area contributed by atoms with E-state index in [1.165, 1.54) is 23.1 Å². The molecule has 0 radical (unpaired) electrons. The van der Waals surface area contributed by atoms with Gasteiger partial charge in [0, 0.05) is 23.2 Å². The van der Waals surface area contributed by atoms with Crippen LogP contribution in [0.3, 0.4) is 0 Å². The summed E-state index contributed by atoms with van der Waals surface area (Å²) in [6, 6.07) is 23.7. The molecule has 0 spiro atoms. The fourth-order valence-electron chi connectivity index (χ4n) is 4.41. The summed E-state index contributed by atoms with van der Waals surface area (Å²) in [5.41, 5.74) is 6.52. The van der Waals surface area contributed by atoms with Crippen LogP contribution >= 0.6 is 23.1 Å². The summed E-state index contributed by atoms with van der Waals surface area (Å²) in [6.07, 6.45) is 1.69. The first-order chi connectivity index (χ1) is 18.9. The lowest BCUT2D eigenvalue weighted by Gasteiger charge is -2.19. The summed E-state index contributed by atoms with van der Waals surface area (Å²) >= 11 is 2.72. The molecule has 5 aromatic rings. The van der Waals surface area contributed by atoms with E-state index < -0.39 is 5.25 Å². The first kappa shape index (κ1) is 26.7. The molecule has 2 heterocycles. The van der Waals surface area contributed by atoms with Crippen LogP contribution in [0.25, 0.3) is 21.3 Å². The maximum absolute atomic E-state index is 13.9. The number of amides is 1. The molecule has 0 saturated carbocycles. The van der Waals surface area contributed by atoms with Crippen LogP contribution in [0.5, 0.6) is 0 Å². The molecule has 1 unspecified atom stereocenters. The molecule has 0 aliphatic heterocycles. The summed E-state index contributed by atoms with van der Waals surface area (Å²) in [5.74, 6) is -0.175. The number of hydrogen-bond donors (Lipinski definition) is 1. The van der Waals surface area contributed by atoms with Gasteiger partial charge in [-0.3, -0.25) is 14.2 Å². The SMILES string of the molecule is C=CCn1c(SC(C(=O)Nc2cc(C)ccc2C)c2ccccc2)nc2scc(-c3ccc(C)cc3)c2c1=O. The van der Waals surface area contributed by atoms with Crippen molar-refractivity contribution < 1.29 is 4.79 Å². The Morgan fingerprint density at radius 1 is 1.05 bits per heavy atom. The molecular formula is C32H29N3O2S2. The maximum Gasteiger partial charge on any atom is 0.263 e. The molecule has 0 aliphatic rings. The van der Waals surface area contributed by atoms with Gasteiger partial charge in [0.2, 0.25) is 5.91 Å². The highest BCUT2D eigenvalue weighted by Gasteiger charge is 2.26. The van der Waals surface area contributed by atoms with Crippen LogP contribution in [0.15, 0.2) is 101 Å². The van der Waals surface area contributed by atoms with E-state index in [9.17, 15) is 9.59 Å². The number of aromatic nitrogens is 2. The van der Waals surface area contributed by atoms with E-state index in [0.717, 1.165) is 39.1 Å². The summed E-state index contributed by atoms with van der Waals surface area (Å²) in [5, 5.41) is 5.54. The van der Waals surface area contributed by atoms with Crippen molar-refractivity contribution in [2.45, 2.75) is 37.7 Å². The molecule has 5 nitrogen and oxygen atoms in total. The third-order valence-electron chi connectivity index (χ3n) is 6.55. The normalized spacial score (nSPS) is 11.9. The van der Waals surface area contributed by atoms with E-state index >= 15 is 0 Å². The average molecular weight is 552 g/mol. The lowest BCUT2D eigenvalue weighted by Crippen LogP contribution is -2.25. The number of benzene rings is 3. The van der Waals surface area contributed by atoms with Gasteiger partial charge in [0.25, 0.3) is 5.56 Å². The minimum absolute atomic E-state index is 0.138. The lowest BCUT2D eigenvalue weighted by molar-refractivity contribution is -0.115. The van der Waals surface area contributed by atoms with Gasteiger partial charge in [0.05, 0.1) is 5.39 Å². The van der Waals surface area contributed by atoms with Crippen molar-refractivity contribution in [2.24, 2.45) is 0 Å². The van der Waals surface area contributed by atoms with Crippen LogP contribution in [0.4, 0.5) is 5.69 Å². The van der Waals surface area contributed by atoms with Crippen molar-refractivity contribution in [1.82, 2.24) is 9.55 Å². The van der Waals surface area contributed by atoms with E-state index in [1.54, 1.807) is 10.6 Å².